The van der Waals surface area contributed by atoms with Gasteiger partial charge in [-0.3, -0.25) is 0 Å². The highest BCUT2D eigenvalue weighted by molar-refractivity contribution is 7.99. The molecule has 0 aliphatic heterocycles. The standard InChI is InChI=1S/C8H16OS/c1-10-8-4-2-7(6-9)3-5-8/h7-9H,2-6H2,1H3. The highest BCUT2D eigenvalue weighted by Gasteiger charge is 2.18. The van der Waals surface area contributed by atoms with Gasteiger partial charge in [0.15, 0.2) is 0 Å². The summed E-state index contributed by atoms with van der Waals surface area (Å²) >= 11 is 1.98. The van der Waals surface area contributed by atoms with E-state index in [1.165, 1.54) is 25.7 Å². The Labute approximate surface area is 67.2 Å². The van der Waals surface area contributed by atoms with Crippen LogP contribution in [-0.4, -0.2) is 23.2 Å². The van der Waals surface area contributed by atoms with E-state index in [4.69, 9.17) is 5.11 Å². The fourth-order valence-electron chi connectivity index (χ4n) is 1.55. The zero-order valence-electron chi connectivity index (χ0n) is 6.55. The Balaban J connectivity index is 2.17. The molecule has 0 radical (unpaired) electrons. The topological polar surface area (TPSA) is 20.2 Å². The lowest BCUT2D eigenvalue weighted by atomic mass is 9.90. The molecule has 1 aliphatic carbocycles. The van der Waals surface area contributed by atoms with Crippen LogP contribution in [0.15, 0.2) is 0 Å². The minimum Gasteiger partial charge on any atom is -0.396 e. The van der Waals surface area contributed by atoms with Gasteiger partial charge in [-0.2, -0.15) is 11.8 Å². The van der Waals surface area contributed by atoms with E-state index in [0.29, 0.717) is 12.5 Å². The first-order valence-electron chi connectivity index (χ1n) is 4.00. The Bertz CT molecular complexity index is 75.3. The van der Waals surface area contributed by atoms with Gasteiger partial charge in [0.25, 0.3) is 0 Å². The van der Waals surface area contributed by atoms with E-state index in [1.807, 2.05) is 11.8 Å². The van der Waals surface area contributed by atoms with Crippen molar-refractivity contribution >= 4 is 11.8 Å². The molecule has 0 aromatic rings. The molecule has 10 heavy (non-hydrogen) atoms. The van der Waals surface area contributed by atoms with Crippen molar-refractivity contribution in [1.82, 2.24) is 0 Å². The molecule has 1 rings (SSSR count). The molecule has 0 aromatic heterocycles. The zero-order chi connectivity index (χ0) is 7.40. The third-order valence-electron chi connectivity index (χ3n) is 2.39. The van der Waals surface area contributed by atoms with Crippen molar-refractivity contribution in [1.29, 1.82) is 0 Å². The third kappa shape index (κ3) is 2.17. The lowest BCUT2D eigenvalue weighted by molar-refractivity contribution is 0.192. The lowest BCUT2D eigenvalue weighted by Crippen LogP contribution is -2.18. The van der Waals surface area contributed by atoms with Crippen molar-refractivity contribution < 1.29 is 5.11 Å². The van der Waals surface area contributed by atoms with Crippen molar-refractivity contribution in [2.24, 2.45) is 5.92 Å². The molecule has 1 nitrogen and oxygen atoms in total. The van der Waals surface area contributed by atoms with Crippen LogP contribution in [-0.2, 0) is 0 Å². The Morgan fingerprint density at radius 3 is 2.30 bits per heavy atom. The molecule has 0 heterocycles. The number of hydrogen-bond donors (Lipinski definition) is 1. The molecule has 1 fully saturated rings. The molecule has 1 aliphatic rings. The van der Waals surface area contributed by atoms with Gasteiger partial charge in [0.05, 0.1) is 0 Å². The number of rotatable bonds is 2. The fourth-order valence-corrected chi connectivity index (χ4v) is 2.29. The molecule has 1 N–H and O–H groups in total. The van der Waals surface area contributed by atoms with E-state index in [9.17, 15) is 0 Å². The van der Waals surface area contributed by atoms with Crippen molar-refractivity contribution in [3.8, 4) is 0 Å². The summed E-state index contributed by atoms with van der Waals surface area (Å²) in [6.45, 7) is 0.404. The second-order valence-corrected chi connectivity index (χ2v) is 4.20. The summed E-state index contributed by atoms with van der Waals surface area (Å²) in [5.74, 6) is 0.614. The van der Waals surface area contributed by atoms with Crippen molar-refractivity contribution in [3.63, 3.8) is 0 Å². The lowest BCUT2D eigenvalue weighted by Gasteiger charge is -2.25. The highest BCUT2D eigenvalue weighted by Crippen LogP contribution is 2.29. The van der Waals surface area contributed by atoms with E-state index in [1.54, 1.807) is 0 Å². The summed E-state index contributed by atoms with van der Waals surface area (Å²) in [7, 11) is 0. The van der Waals surface area contributed by atoms with Crippen molar-refractivity contribution in [2.45, 2.75) is 30.9 Å². The predicted molar refractivity (Wildman–Crippen MR) is 46.3 cm³/mol. The second-order valence-electron chi connectivity index (χ2n) is 3.06. The van der Waals surface area contributed by atoms with Gasteiger partial charge in [-0.05, 0) is 37.9 Å². The van der Waals surface area contributed by atoms with E-state index in [0.717, 1.165) is 5.25 Å². The molecular formula is C8H16OS. The van der Waals surface area contributed by atoms with Gasteiger partial charge < -0.3 is 5.11 Å². The smallest absolute Gasteiger partial charge is 0.0459 e. The SMILES string of the molecule is CSC1CCC(CO)CC1. The minimum absolute atomic E-state index is 0.404. The first-order chi connectivity index (χ1) is 4.86. The first-order valence-corrected chi connectivity index (χ1v) is 5.29. The van der Waals surface area contributed by atoms with Gasteiger partial charge in [-0.1, -0.05) is 0 Å². The van der Waals surface area contributed by atoms with Crippen LogP contribution in [0, 0.1) is 5.92 Å². The summed E-state index contributed by atoms with van der Waals surface area (Å²) in [6, 6.07) is 0. The van der Waals surface area contributed by atoms with Gasteiger partial charge >= 0.3 is 0 Å². The molecule has 2 heteroatoms. The summed E-state index contributed by atoms with van der Waals surface area (Å²) in [4.78, 5) is 0. The summed E-state index contributed by atoms with van der Waals surface area (Å²) in [5, 5.41) is 9.72. The zero-order valence-corrected chi connectivity index (χ0v) is 7.36. The van der Waals surface area contributed by atoms with E-state index < -0.39 is 0 Å². The molecular weight excluding hydrogens is 144 g/mol. The average molecular weight is 160 g/mol. The maximum absolute atomic E-state index is 8.84. The largest absolute Gasteiger partial charge is 0.396 e. The Morgan fingerprint density at radius 2 is 1.90 bits per heavy atom. The minimum atomic E-state index is 0.404. The quantitative estimate of drug-likeness (QED) is 0.666. The van der Waals surface area contributed by atoms with Gasteiger partial charge in [0.1, 0.15) is 0 Å². The number of aliphatic hydroxyl groups is 1. The van der Waals surface area contributed by atoms with Gasteiger partial charge in [0.2, 0.25) is 0 Å². The van der Waals surface area contributed by atoms with Crippen LogP contribution >= 0.6 is 11.8 Å². The summed E-state index contributed by atoms with van der Waals surface area (Å²) < 4.78 is 0. The molecule has 0 atom stereocenters. The normalized spacial score (nSPS) is 34.2. The van der Waals surface area contributed by atoms with Crippen LogP contribution in [0.25, 0.3) is 0 Å². The molecule has 0 spiro atoms. The van der Waals surface area contributed by atoms with Crippen LogP contribution < -0.4 is 0 Å². The predicted octanol–water partition coefficient (Wildman–Crippen LogP) is 1.90. The number of thioether (sulfide) groups is 1. The maximum atomic E-state index is 8.84. The van der Waals surface area contributed by atoms with Crippen molar-refractivity contribution in [3.05, 3.63) is 0 Å². The van der Waals surface area contributed by atoms with Gasteiger partial charge in [-0.15, -0.1) is 0 Å². The molecule has 0 bridgehead atoms. The molecule has 0 amide bonds. The van der Waals surface area contributed by atoms with Gasteiger partial charge in [-0.25, -0.2) is 0 Å². The molecule has 0 unspecified atom stereocenters. The fraction of sp³-hybridized carbons (Fsp3) is 1.00. The van der Waals surface area contributed by atoms with Gasteiger partial charge in [0, 0.05) is 11.9 Å². The maximum Gasteiger partial charge on any atom is 0.0459 e. The van der Waals surface area contributed by atoms with E-state index in [-0.39, 0.29) is 0 Å². The van der Waals surface area contributed by atoms with Crippen LogP contribution in [0.4, 0.5) is 0 Å². The van der Waals surface area contributed by atoms with Crippen LogP contribution in [0.5, 0.6) is 0 Å². The van der Waals surface area contributed by atoms with Crippen LogP contribution in [0.1, 0.15) is 25.7 Å². The molecule has 0 aromatic carbocycles. The van der Waals surface area contributed by atoms with Crippen LogP contribution in [0.3, 0.4) is 0 Å². The highest BCUT2D eigenvalue weighted by atomic mass is 32.2. The molecule has 0 saturated heterocycles. The summed E-state index contributed by atoms with van der Waals surface area (Å²) in [5.41, 5.74) is 0. The third-order valence-corrected chi connectivity index (χ3v) is 3.52. The van der Waals surface area contributed by atoms with E-state index >= 15 is 0 Å². The molecule has 60 valence electrons. The Morgan fingerprint density at radius 1 is 1.30 bits per heavy atom. The second kappa shape index (κ2) is 4.24. The van der Waals surface area contributed by atoms with Crippen LogP contribution in [0.2, 0.25) is 0 Å². The number of hydrogen-bond acceptors (Lipinski definition) is 2. The average Bonchev–Trinajstić information content (AvgIpc) is 2.05. The first kappa shape index (κ1) is 8.41. The number of aliphatic hydroxyl groups excluding tert-OH is 1. The summed E-state index contributed by atoms with van der Waals surface area (Å²) in [6.07, 6.45) is 7.28. The van der Waals surface area contributed by atoms with Crippen molar-refractivity contribution in [2.75, 3.05) is 12.9 Å². The van der Waals surface area contributed by atoms with E-state index in [2.05, 4.69) is 6.26 Å². The Kier molecular flexibility index (Phi) is 3.57. The Hall–Kier alpha value is 0.310. The molecule has 1 saturated carbocycles. The monoisotopic (exact) mass is 160 g/mol.